The molecule has 0 spiro atoms. The molecule has 0 aliphatic rings. The smallest absolute Gasteiger partial charge is 0.257 e. The highest BCUT2D eigenvalue weighted by atomic mass is 16.5. The van der Waals surface area contributed by atoms with Crippen LogP contribution < -0.4 is 15.5 Å². The lowest BCUT2D eigenvalue weighted by atomic mass is 10.0. The first-order chi connectivity index (χ1) is 14.1. The van der Waals surface area contributed by atoms with E-state index in [9.17, 15) is 9.59 Å². The van der Waals surface area contributed by atoms with Crippen LogP contribution in [-0.4, -0.2) is 27.6 Å². The zero-order valence-electron chi connectivity index (χ0n) is 16.0. The van der Waals surface area contributed by atoms with Gasteiger partial charge in [-0.2, -0.15) is 0 Å². The van der Waals surface area contributed by atoms with Crippen LogP contribution in [0.4, 0.5) is 0 Å². The van der Waals surface area contributed by atoms with Gasteiger partial charge in [0.2, 0.25) is 5.43 Å². The number of para-hydroxylation sites is 2. The van der Waals surface area contributed by atoms with Crippen LogP contribution in [0.15, 0.2) is 71.9 Å². The topological polar surface area (TPSA) is 89.0 Å². The van der Waals surface area contributed by atoms with Crippen LogP contribution in [-0.2, 0) is 7.05 Å². The third-order valence-electron chi connectivity index (χ3n) is 4.87. The normalized spacial score (nSPS) is 11.9. The molecule has 1 unspecified atom stereocenters. The minimum absolute atomic E-state index is 0.0396. The fourth-order valence-corrected chi connectivity index (χ4v) is 3.39. The molecule has 2 aromatic carbocycles. The van der Waals surface area contributed by atoms with E-state index in [1.54, 1.807) is 37.7 Å². The van der Waals surface area contributed by atoms with Gasteiger partial charge in [0.05, 0.1) is 7.11 Å². The summed E-state index contributed by atoms with van der Waals surface area (Å²) in [6.07, 6.45) is 4.90. The SMILES string of the molecule is COc1ccccc1C(NC(=O)c1c[nH]c2ccccc2c1=O)c1nccn1C. The number of aromatic amines is 1. The van der Waals surface area contributed by atoms with Gasteiger partial charge in [0, 0.05) is 42.1 Å². The number of ether oxygens (including phenoxy) is 1. The summed E-state index contributed by atoms with van der Waals surface area (Å²) in [6, 6.07) is 13.9. The molecule has 29 heavy (non-hydrogen) atoms. The van der Waals surface area contributed by atoms with Crippen LogP contribution in [0.3, 0.4) is 0 Å². The minimum Gasteiger partial charge on any atom is -0.496 e. The number of carbonyl (C=O) groups is 1. The third kappa shape index (κ3) is 3.38. The first-order valence-electron chi connectivity index (χ1n) is 9.11. The van der Waals surface area contributed by atoms with Gasteiger partial charge in [0.25, 0.3) is 5.91 Å². The standard InChI is InChI=1S/C22H20N4O3/c1-26-12-11-23-21(26)19(15-8-4-6-10-18(15)29-2)25-22(28)16-13-24-17-9-5-3-7-14(17)20(16)27/h3-13,19H,1-2H3,(H,24,27)(H,25,28). The summed E-state index contributed by atoms with van der Waals surface area (Å²) >= 11 is 0. The molecule has 7 nitrogen and oxygen atoms in total. The van der Waals surface area contributed by atoms with Crippen molar-refractivity contribution >= 4 is 16.8 Å². The number of aryl methyl sites for hydroxylation is 1. The average molecular weight is 388 g/mol. The van der Waals surface area contributed by atoms with Gasteiger partial charge in [-0.1, -0.05) is 30.3 Å². The highest BCUT2D eigenvalue weighted by Crippen LogP contribution is 2.29. The number of fused-ring (bicyclic) bond motifs is 1. The van der Waals surface area contributed by atoms with E-state index in [0.717, 1.165) is 5.56 Å². The zero-order chi connectivity index (χ0) is 20.4. The maximum atomic E-state index is 13.1. The van der Waals surface area contributed by atoms with E-state index >= 15 is 0 Å². The van der Waals surface area contributed by atoms with Gasteiger partial charge in [-0.15, -0.1) is 0 Å². The number of amides is 1. The van der Waals surface area contributed by atoms with Crippen molar-refractivity contribution in [1.29, 1.82) is 0 Å². The molecule has 0 aliphatic heterocycles. The average Bonchev–Trinajstić information content (AvgIpc) is 3.18. The highest BCUT2D eigenvalue weighted by Gasteiger charge is 2.25. The molecular formula is C22H20N4O3. The number of hydrogen-bond donors (Lipinski definition) is 2. The highest BCUT2D eigenvalue weighted by molar-refractivity contribution is 5.97. The number of carbonyl (C=O) groups excluding carboxylic acids is 1. The van der Waals surface area contributed by atoms with Gasteiger partial charge in [-0.05, 0) is 18.2 Å². The second-order valence-electron chi connectivity index (χ2n) is 6.62. The van der Waals surface area contributed by atoms with Crippen molar-refractivity contribution in [2.45, 2.75) is 6.04 Å². The Morgan fingerprint density at radius 1 is 1.17 bits per heavy atom. The maximum Gasteiger partial charge on any atom is 0.257 e. The summed E-state index contributed by atoms with van der Waals surface area (Å²) in [5.74, 6) is 0.754. The predicted molar refractivity (Wildman–Crippen MR) is 110 cm³/mol. The Balaban J connectivity index is 1.77. The molecule has 7 heteroatoms. The van der Waals surface area contributed by atoms with Gasteiger partial charge in [-0.25, -0.2) is 4.98 Å². The van der Waals surface area contributed by atoms with Crippen molar-refractivity contribution in [2.75, 3.05) is 7.11 Å². The summed E-state index contributed by atoms with van der Waals surface area (Å²) in [7, 11) is 3.42. The van der Waals surface area contributed by atoms with E-state index in [-0.39, 0.29) is 11.0 Å². The maximum absolute atomic E-state index is 13.1. The fraction of sp³-hybridized carbons (Fsp3) is 0.136. The van der Waals surface area contributed by atoms with Gasteiger partial charge >= 0.3 is 0 Å². The first-order valence-corrected chi connectivity index (χ1v) is 9.11. The molecule has 0 saturated heterocycles. The molecule has 1 atom stereocenters. The van der Waals surface area contributed by atoms with Crippen molar-refractivity contribution in [3.05, 3.63) is 94.3 Å². The Bertz CT molecular complexity index is 1240. The quantitative estimate of drug-likeness (QED) is 0.550. The molecule has 4 aromatic rings. The molecule has 2 aromatic heterocycles. The van der Waals surface area contributed by atoms with Crippen LogP contribution in [0.5, 0.6) is 5.75 Å². The van der Waals surface area contributed by atoms with E-state index in [4.69, 9.17) is 4.74 Å². The Hall–Kier alpha value is -3.87. The molecular weight excluding hydrogens is 368 g/mol. The molecule has 2 heterocycles. The number of H-pyrrole nitrogens is 1. The second kappa shape index (κ2) is 7.63. The molecule has 2 N–H and O–H groups in total. The first kappa shape index (κ1) is 18.5. The molecule has 0 radical (unpaired) electrons. The van der Waals surface area contributed by atoms with Crippen molar-refractivity contribution in [2.24, 2.45) is 7.05 Å². The summed E-state index contributed by atoms with van der Waals surface area (Å²) in [5, 5.41) is 3.41. The molecule has 4 rings (SSSR count). The molecule has 0 fully saturated rings. The van der Waals surface area contributed by atoms with Crippen LogP contribution in [0, 0.1) is 0 Å². The van der Waals surface area contributed by atoms with E-state index in [1.165, 1.54) is 6.20 Å². The fourth-order valence-electron chi connectivity index (χ4n) is 3.39. The van der Waals surface area contributed by atoms with Gasteiger partial charge < -0.3 is 19.6 Å². The number of nitrogens with one attached hydrogen (secondary N) is 2. The molecule has 0 bridgehead atoms. The largest absolute Gasteiger partial charge is 0.496 e. The van der Waals surface area contributed by atoms with Crippen LogP contribution in [0.25, 0.3) is 10.9 Å². The predicted octanol–water partition coefficient (Wildman–Crippen LogP) is 2.79. The lowest BCUT2D eigenvalue weighted by Gasteiger charge is -2.21. The molecule has 146 valence electrons. The summed E-state index contributed by atoms with van der Waals surface area (Å²) in [4.78, 5) is 33.3. The lowest BCUT2D eigenvalue weighted by Crippen LogP contribution is -2.34. The number of rotatable bonds is 5. The summed E-state index contributed by atoms with van der Waals surface area (Å²) < 4.78 is 7.30. The molecule has 1 amide bonds. The Morgan fingerprint density at radius 2 is 1.93 bits per heavy atom. The number of aromatic nitrogens is 3. The van der Waals surface area contributed by atoms with Crippen molar-refractivity contribution < 1.29 is 9.53 Å². The van der Waals surface area contributed by atoms with Crippen molar-refractivity contribution in [1.82, 2.24) is 19.9 Å². The van der Waals surface area contributed by atoms with E-state index in [0.29, 0.717) is 22.5 Å². The Morgan fingerprint density at radius 3 is 2.69 bits per heavy atom. The zero-order valence-corrected chi connectivity index (χ0v) is 16.0. The third-order valence-corrected chi connectivity index (χ3v) is 4.87. The summed E-state index contributed by atoms with van der Waals surface area (Å²) in [6.45, 7) is 0. The van der Waals surface area contributed by atoms with Crippen molar-refractivity contribution in [3.8, 4) is 5.75 Å². The monoisotopic (exact) mass is 388 g/mol. The van der Waals surface area contributed by atoms with E-state index in [1.807, 2.05) is 41.9 Å². The van der Waals surface area contributed by atoms with E-state index in [2.05, 4.69) is 15.3 Å². The van der Waals surface area contributed by atoms with Gasteiger partial charge in [0.1, 0.15) is 23.2 Å². The number of pyridine rings is 1. The van der Waals surface area contributed by atoms with Crippen molar-refractivity contribution in [3.63, 3.8) is 0 Å². The molecule has 0 saturated carbocycles. The lowest BCUT2D eigenvalue weighted by molar-refractivity contribution is 0.0939. The Labute approximate surface area is 167 Å². The molecule has 0 aliphatic carbocycles. The minimum atomic E-state index is -0.593. The van der Waals surface area contributed by atoms with Gasteiger partial charge in [0.15, 0.2) is 0 Å². The van der Waals surface area contributed by atoms with Gasteiger partial charge in [-0.3, -0.25) is 9.59 Å². The van der Waals surface area contributed by atoms with Crippen LogP contribution >= 0.6 is 0 Å². The van der Waals surface area contributed by atoms with Crippen LogP contribution in [0.1, 0.15) is 27.8 Å². The number of methoxy groups -OCH3 is 1. The number of nitrogens with zero attached hydrogens (tertiary/aromatic N) is 2. The number of imidazole rings is 1. The Kier molecular flexibility index (Phi) is 4.87. The number of benzene rings is 2. The second-order valence-corrected chi connectivity index (χ2v) is 6.62. The summed E-state index contributed by atoms with van der Waals surface area (Å²) in [5.41, 5.74) is 1.14. The number of hydrogen-bond acceptors (Lipinski definition) is 4. The van der Waals surface area contributed by atoms with Crippen LogP contribution in [0.2, 0.25) is 0 Å². The van der Waals surface area contributed by atoms with E-state index < -0.39 is 11.9 Å².